The smallest absolute Gasteiger partial charge is 0.262 e. The summed E-state index contributed by atoms with van der Waals surface area (Å²) in [6.45, 7) is 0.776. The molecule has 2 aliphatic heterocycles. The number of imide groups is 1. The average molecular weight is 452 g/mol. The first-order valence-corrected chi connectivity index (χ1v) is 11.6. The van der Waals surface area contributed by atoms with Crippen LogP contribution >= 0.6 is 0 Å². The number of hydrogen-bond acceptors (Lipinski definition) is 7. The van der Waals surface area contributed by atoms with Crippen molar-refractivity contribution in [2.45, 2.75) is 56.8 Å². The van der Waals surface area contributed by atoms with Gasteiger partial charge in [0.25, 0.3) is 11.8 Å². The number of hydrogen-bond donors (Lipinski definition) is 5. The molecule has 4 aliphatic rings. The summed E-state index contributed by atoms with van der Waals surface area (Å²) in [6, 6.07) is 4.82. The lowest BCUT2D eigenvalue weighted by Crippen LogP contribution is -2.57. The first kappa shape index (κ1) is 21.6. The monoisotopic (exact) mass is 451 g/mol. The topological polar surface area (TPSA) is 135 Å². The lowest BCUT2D eigenvalue weighted by atomic mass is 9.80. The van der Waals surface area contributed by atoms with Crippen molar-refractivity contribution in [3.8, 4) is 0 Å². The van der Waals surface area contributed by atoms with E-state index in [1.54, 1.807) is 18.2 Å². The molecule has 5 N–H and O–H groups in total. The van der Waals surface area contributed by atoms with Gasteiger partial charge in [-0.3, -0.25) is 19.3 Å². The van der Waals surface area contributed by atoms with E-state index in [0.717, 1.165) is 42.8 Å². The third-order valence-corrected chi connectivity index (χ3v) is 7.03. The van der Waals surface area contributed by atoms with Crippen molar-refractivity contribution >= 4 is 29.1 Å². The van der Waals surface area contributed by atoms with Crippen LogP contribution in [0.4, 0.5) is 5.69 Å². The Hall–Kier alpha value is -3.20. The number of amides is 3. The van der Waals surface area contributed by atoms with Crippen LogP contribution in [0.25, 0.3) is 0 Å². The van der Waals surface area contributed by atoms with E-state index in [1.165, 1.54) is 0 Å². The number of allylic oxidation sites excluding steroid dienone is 1. The SMILES string of the molecule is N=C(/C=C\N[C@H]1C[C@H](CNc2ccc3c(c2)C(=O)N(C2CCC(=O)NC2O)C3=O)C1)C1CC1. The first-order chi connectivity index (χ1) is 15.9. The van der Waals surface area contributed by atoms with Crippen molar-refractivity contribution in [1.29, 1.82) is 5.41 Å². The van der Waals surface area contributed by atoms with E-state index in [2.05, 4.69) is 16.0 Å². The van der Waals surface area contributed by atoms with Crippen LogP contribution in [0.2, 0.25) is 0 Å². The summed E-state index contributed by atoms with van der Waals surface area (Å²) >= 11 is 0. The summed E-state index contributed by atoms with van der Waals surface area (Å²) in [6.07, 6.45) is 7.29. The highest BCUT2D eigenvalue weighted by atomic mass is 16.3. The lowest BCUT2D eigenvalue weighted by molar-refractivity contribution is -0.129. The van der Waals surface area contributed by atoms with Gasteiger partial charge in [0.15, 0.2) is 0 Å². The molecule has 2 heterocycles. The fourth-order valence-electron chi connectivity index (χ4n) is 4.82. The summed E-state index contributed by atoms with van der Waals surface area (Å²) in [4.78, 5) is 38.3. The number of rotatable bonds is 8. The van der Waals surface area contributed by atoms with Crippen molar-refractivity contribution in [3.05, 3.63) is 41.6 Å². The molecular weight excluding hydrogens is 422 g/mol. The highest BCUT2D eigenvalue weighted by Crippen LogP contribution is 2.32. The molecule has 0 aromatic heterocycles. The quantitative estimate of drug-likeness (QED) is 0.301. The molecule has 2 atom stereocenters. The fourth-order valence-corrected chi connectivity index (χ4v) is 4.82. The summed E-state index contributed by atoms with van der Waals surface area (Å²) in [7, 11) is 0. The zero-order chi connectivity index (χ0) is 23.1. The van der Waals surface area contributed by atoms with Crippen molar-refractivity contribution in [3.63, 3.8) is 0 Å². The fraction of sp³-hybridized carbons (Fsp3) is 0.500. The molecule has 2 aliphatic carbocycles. The van der Waals surface area contributed by atoms with Gasteiger partial charge in [0, 0.05) is 36.3 Å². The van der Waals surface area contributed by atoms with Gasteiger partial charge < -0.3 is 26.5 Å². The number of piperidine rings is 1. The van der Waals surface area contributed by atoms with Crippen molar-refractivity contribution in [2.24, 2.45) is 11.8 Å². The highest BCUT2D eigenvalue weighted by Gasteiger charge is 2.44. The lowest BCUT2D eigenvalue weighted by Gasteiger charge is -2.35. The number of aliphatic hydroxyl groups excluding tert-OH is 1. The van der Waals surface area contributed by atoms with Crippen LogP contribution in [0.1, 0.15) is 59.2 Å². The minimum absolute atomic E-state index is 0.165. The molecule has 9 heteroatoms. The van der Waals surface area contributed by atoms with Gasteiger partial charge in [-0.1, -0.05) is 0 Å². The summed E-state index contributed by atoms with van der Waals surface area (Å²) in [5.41, 5.74) is 2.14. The second kappa shape index (κ2) is 8.62. The first-order valence-electron chi connectivity index (χ1n) is 11.6. The molecular formula is C24H29N5O4. The summed E-state index contributed by atoms with van der Waals surface area (Å²) in [5.74, 6) is -0.171. The molecule has 5 rings (SSSR count). The van der Waals surface area contributed by atoms with Gasteiger partial charge in [0.05, 0.1) is 17.2 Å². The predicted octanol–water partition coefficient (Wildman–Crippen LogP) is 1.60. The van der Waals surface area contributed by atoms with E-state index < -0.39 is 24.1 Å². The molecule has 2 unspecified atom stereocenters. The second-order valence-corrected chi connectivity index (χ2v) is 9.50. The van der Waals surface area contributed by atoms with Crippen LogP contribution in [-0.2, 0) is 4.79 Å². The average Bonchev–Trinajstić information content (AvgIpc) is 3.58. The number of anilines is 1. The molecule has 174 valence electrons. The highest BCUT2D eigenvalue weighted by molar-refractivity contribution is 6.22. The zero-order valence-electron chi connectivity index (χ0n) is 18.3. The Balaban J connectivity index is 1.13. The van der Waals surface area contributed by atoms with Crippen LogP contribution in [0.5, 0.6) is 0 Å². The third-order valence-electron chi connectivity index (χ3n) is 7.03. The van der Waals surface area contributed by atoms with Gasteiger partial charge in [-0.2, -0.15) is 0 Å². The maximum atomic E-state index is 13.0. The van der Waals surface area contributed by atoms with Gasteiger partial charge in [0.2, 0.25) is 5.91 Å². The zero-order valence-corrected chi connectivity index (χ0v) is 18.3. The molecule has 1 aromatic carbocycles. The normalized spacial score (nSPS) is 29.0. The minimum atomic E-state index is -1.25. The van der Waals surface area contributed by atoms with E-state index in [4.69, 9.17) is 5.41 Å². The number of aliphatic hydroxyl groups is 1. The van der Waals surface area contributed by atoms with E-state index in [1.807, 2.05) is 12.3 Å². The molecule has 9 nitrogen and oxygen atoms in total. The number of nitrogens with one attached hydrogen (secondary N) is 4. The number of carbonyl (C=O) groups is 3. The van der Waals surface area contributed by atoms with Crippen LogP contribution in [-0.4, -0.2) is 58.3 Å². The van der Waals surface area contributed by atoms with Crippen molar-refractivity contribution in [2.75, 3.05) is 11.9 Å². The Morgan fingerprint density at radius 2 is 1.91 bits per heavy atom. The Bertz CT molecular complexity index is 1030. The van der Waals surface area contributed by atoms with Crippen LogP contribution in [0, 0.1) is 17.2 Å². The molecule has 33 heavy (non-hydrogen) atoms. The van der Waals surface area contributed by atoms with Crippen LogP contribution in [0.3, 0.4) is 0 Å². The maximum Gasteiger partial charge on any atom is 0.262 e. The Morgan fingerprint density at radius 1 is 1.15 bits per heavy atom. The molecule has 1 saturated heterocycles. The summed E-state index contributed by atoms with van der Waals surface area (Å²) < 4.78 is 0. The van der Waals surface area contributed by atoms with Crippen LogP contribution < -0.4 is 16.0 Å². The van der Waals surface area contributed by atoms with Crippen LogP contribution in [0.15, 0.2) is 30.5 Å². The molecule has 3 amide bonds. The third kappa shape index (κ3) is 4.37. The van der Waals surface area contributed by atoms with Crippen molar-refractivity contribution < 1.29 is 19.5 Å². The van der Waals surface area contributed by atoms with E-state index >= 15 is 0 Å². The number of benzene rings is 1. The molecule has 0 spiro atoms. The molecule has 0 bridgehead atoms. The van der Waals surface area contributed by atoms with Gasteiger partial charge in [-0.25, -0.2) is 0 Å². The second-order valence-electron chi connectivity index (χ2n) is 9.50. The number of nitrogens with zero attached hydrogens (tertiary/aromatic N) is 1. The largest absolute Gasteiger partial charge is 0.388 e. The Morgan fingerprint density at radius 3 is 2.64 bits per heavy atom. The van der Waals surface area contributed by atoms with Gasteiger partial charge in [-0.05, 0) is 68.5 Å². The number of carbonyl (C=O) groups excluding carboxylic acids is 3. The maximum absolute atomic E-state index is 13.0. The van der Waals surface area contributed by atoms with E-state index in [-0.39, 0.29) is 18.7 Å². The van der Waals surface area contributed by atoms with Gasteiger partial charge >= 0.3 is 0 Å². The Kier molecular flexibility index (Phi) is 5.65. The molecule has 3 fully saturated rings. The van der Waals surface area contributed by atoms with E-state index in [0.29, 0.717) is 34.7 Å². The van der Waals surface area contributed by atoms with Gasteiger partial charge in [0.1, 0.15) is 6.23 Å². The molecule has 0 radical (unpaired) electrons. The standard InChI is InChI=1S/C24H29N5O4/c25-19(14-1-2-14)7-8-26-16-9-13(10-16)12-27-15-3-4-17-18(11-15)24(33)29(23(17)32)20-5-6-21(30)28-22(20)31/h3-4,7-8,11,13-14,16,20,22,25-27,31H,1-2,5-6,9-10,12H2,(H,28,30)/b8-7-,25-19?/t13-,16-,20?,22?. The number of fused-ring (bicyclic) bond motifs is 1. The van der Waals surface area contributed by atoms with Gasteiger partial charge in [-0.15, -0.1) is 0 Å². The molecule has 2 saturated carbocycles. The predicted molar refractivity (Wildman–Crippen MR) is 122 cm³/mol. The summed E-state index contributed by atoms with van der Waals surface area (Å²) in [5, 5.41) is 27.2. The van der Waals surface area contributed by atoms with Crippen molar-refractivity contribution in [1.82, 2.24) is 15.5 Å². The van der Waals surface area contributed by atoms with E-state index in [9.17, 15) is 19.5 Å². The minimum Gasteiger partial charge on any atom is -0.388 e. The molecule has 1 aromatic rings. The Labute approximate surface area is 192 Å².